The zero-order valence-corrected chi connectivity index (χ0v) is 28.6. The van der Waals surface area contributed by atoms with Crippen LogP contribution in [0.25, 0.3) is 10.1 Å². The summed E-state index contributed by atoms with van der Waals surface area (Å²) in [7, 11) is -1.50. The highest BCUT2D eigenvalue weighted by atomic mass is 35.5. The lowest BCUT2D eigenvalue weighted by molar-refractivity contribution is 0.0153. The van der Waals surface area contributed by atoms with Gasteiger partial charge >= 0.3 is 0 Å². The van der Waals surface area contributed by atoms with Crippen LogP contribution in [0.1, 0.15) is 48.5 Å². The van der Waals surface area contributed by atoms with Crippen molar-refractivity contribution in [1.29, 1.82) is 0 Å². The SMILES string of the molecule is CC(C)Oc1cc(N2CCN(C)C(O)C2)cc(C(C)(C)c2cc(Cl)cc(NC(=O)c3cc4cc(NS(C)(=O)=O)ccc4s3)c2)c1. The second-order valence-electron chi connectivity index (χ2n) is 12.3. The molecule has 240 valence electrons. The van der Waals surface area contributed by atoms with Crippen LogP contribution in [0.2, 0.25) is 5.02 Å². The fraction of sp³-hybridized carbons (Fsp3) is 0.364. The Kier molecular flexibility index (Phi) is 9.40. The number of benzene rings is 3. The number of hydrogen-bond donors (Lipinski definition) is 3. The smallest absolute Gasteiger partial charge is 0.265 e. The average molecular weight is 671 g/mol. The second kappa shape index (κ2) is 12.8. The van der Waals surface area contributed by atoms with Crippen molar-refractivity contribution in [2.75, 3.05) is 47.9 Å². The Morgan fingerprint density at radius 2 is 1.78 bits per heavy atom. The number of carbonyl (C=O) groups excluding carboxylic acids is 1. The first kappa shape index (κ1) is 33.0. The molecule has 0 saturated carbocycles. The number of fused-ring (bicyclic) bond motifs is 1. The number of nitrogens with one attached hydrogen (secondary N) is 2. The van der Waals surface area contributed by atoms with Crippen LogP contribution >= 0.6 is 22.9 Å². The van der Waals surface area contributed by atoms with E-state index < -0.39 is 21.7 Å². The number of sulfonamides is 1. The van der Waals surface area contributed by atoms with E-state index in [-0.39, 0.29) is 12.0 Å². The van der Waals surface area contributed by atoms with Crippen LogP contribution in [-0.2, 0) is 15.4 Å². The second-order valence-corrected chi connectivity index (χ2v) is 15.6. The summed E-state index contributed by atoms with van der Waals surface area (Å²) in [5.41, 5.74) is 3.35. The first-order valence-corrected chi connectivity index (χ1v) is 17.8. The maximum Gasteiger partial charge on any atom is 0.265 e. The molecule has 0 bridgehead atoms. The number of aliphatic hydroxyl groups is 1. The van der Waals surface area contributed by atoms with Gasteiger partial charge in [-0.25, -0.2) is 8.42 Å². The van der Waals surface area contributed by atoms with Gasteiger partial charge in [0.25, 0.3) is 5.91 Å². The number of nitrogens with zero attached hydrogens (tertiary/aromatic N) is 2. The van der Waals surface area contributed by atoms with Crippen molar-refractivity contribution in [1.82, 2.24) is 4.90 Å². The van der Waals surface area contributed by atoms with Crippen LogP contribution in [0.3, 0.4) is 0 Å². The summed E-state index contributed by atoms with van der Waals surface area (Å²) in [6, 6.07) is 18.7. The van der Waals surface area contributed by atoms with E-state index in [9.17, 15) is 18.3 Å². The van der Waals surface area contributed by atoms with Crippen LogP contribution < -0.4 is 19.7 Å². The molecule has 3 N–H and O–H groups in total. The minimum absolute atomic E-state index is 0.0151. The molecule has 1 amide bonds. The molecule has 1 aromatic heterocycles. The first-order chi connectivity index (χ1) is 21.1. The molecule has 9 nitrogen and oxygen atoms in total. The van der Waals surface area contributed by atoms with Crippen molar-refractivity contribution in [3.05, 3.63) is 81.7 Å². The van der Waals surface area contributed by atoms with Crippen LogP contribution in [0, 0.1) is 0 Å². The number of thiophene rings is 1. The number of amides is 1. The van der Waals surface area contributed by atoms with E-state index in [2.05, 4.69) is 34.9 Å². The lowest BCUT2D eigenvalue weighted by Crippen LogP contribution is -2.51. The summed E-state index contributed by atoms with van der Waals surface area (Å²) in [6.07, 6.45) is 0.521. The van der Waals surface area contributed by atoms with Gasteiger partial charge in [0.15, 0.2) is 0 Å². The number of β-amino-alcohol motifs (C(OH)–C–C–N with tert-alkyl or cyclic N) is 1. The molecule has 0 radical (unpaired) electrons. The molecule has 12 heteroatoms. The van der Waals surface area contributed by atoms with Crippen molar-refractivity contribution in [2.24, 2.45) is 0 Å². The molecule has 1 aliphatic rings. The number of likely N-dealkylation sites (N-methyl/N-ethyl adjacent to an activating group) is 1. The largest absolute Gasteiger partial charge is 0.491 e. The number of anilines is 3. The molecule has 0 spiro atoms. The molecule has 1 unspecified atom stereocenters. The van der Waals surface area contributed by atoms with Gasteiger partial charge in [-0.05, 0) is 92.0 Å². The zero-order chi connectivity index (χ0) is 32.7. The average Bonchev–Trinajstić information content (AvgIpc) is 3.36. The molecule has 1 atom stereocenters. The van der Waals surface area contributed by atoms with Gasteiger partial charge < -0.3 is 20.1 Å². The van der Waals surface area contributed by atoms with Gasteiger partial charge in [-0.2, -0.15) is 0 Å². The Labute approximate surface area is 273 Å². The predicted molar refractivity (Wildman–Crippen MR) is 185 cm³/mol. The maximum absolute atomic E-state index is 13.4. The minimum Gasteiger partial charge on any atom is -0.491 e. The number of aliphatic hydroxyl groups excluding tert-OH is 1. The molecule has 45 heavy (non-hydrogen) atoms. The number of carbonyl (C=O) groups is 1. The van der Waals surface area contributed by atoms with Gasteiger partial charge in [-0.15, -0.1) is 11.3 Å². The highest BCUT2D eigenvalue weighted by Gasteiger charge is 2.28. The van der Waals surface area contributed by atoms with Gasteiger partial charge in [0.2, 0.25) is 10.0 Å². The summed E-state index contributed by atoms with van der Waals surface area (Å²) < 4.78 is 32.8. The highest BCUT2D eigenvalue weighted by molar-refractivity contribution is 7.92. The van der Waals surface area contributed by atoms with Crippen molar-refractivity contribution < 1.29 is 23.1 Å². The van der Waals surface area contributed by atoms with Gasteiger partial charge in [-0.1, -0.05) is 25.4 Å². The van der Waals surface area contributed by atoms with Crippen LogP contribution in [0.15, 0.2) is 60.7 Å². The van der Waals surface area contributed by atoms with Crippen LogP contribution in [-0.4, -0.2) is 69.6 Å². The summed E-state index contributed by atoms with van der Waals surface area (Å²) >= 11 is 7.94. The lowest BCUT2D eigenvalue weighted by atomic mass is 9.77. The fourth-order valence-corrected chi connectivity index (χ4v) is 7.10. The number of rotatable bonds is 9. The number of hydrogen-bond acceptors (Lipinski definition) is 8. The number of halogens is 1. The number of piperazine rings is 1. The van der Waals surface area contributed by atoms with Gasteiger partial charge in [0, 0.05) is 51.4 Å². The third-order valence-corrected chi connectivity index (χ3v) is 9.83. The molecule has 3 aromatic carbocycles. The van der Waals surface area contributed by atoms with Crippen molar-refractivity contribution in [3.8, 4) is 5.75 Å². The van der Waals surface area contributed by atoms with Crippen LogP contribution in [0.5, 0.6) is 5.75 Å². The topological polar surface area (TPSA) is 111 Å². The van der Waals surface area contributed by atoms with Gasteiger partial charge in [0.05, 0.1) is 23.8 Å². The Balaban J connectivity index is 1.43. The van der Waals surface area contributed by atoms with Gasteiger partial charge in [-0.3, -0.25) is 14.4 Å². The quantitative estimate of drug-likeness (QED) is 0.190. The van der Waals surface area contributed by atoms with E-state index in [1.807, 2.05) is 50.1 Å². The highest BCUT2D eigenvalue weighted by Crippen LogP contribution is 2.39. The van der Waals surface area contributed by atoms with E-state index >= 15 is 0 Å². The standard InChI is InChI=1S/C33H39ClN4O5S2/c1-20(2)43-28-16-23(15-27(18-28)38-10-9-37(5)31(39)19-38)33(3,4)22-13-24(34)17-26(14-22)35-32(40)30-12-21-11-25(36-45(6,41)42)7-8-29(21)44-30/h7-8,11-18,20,31,36,39H,9-10,19H2,1-6H3,(H,35,40). The molecular formula is C33H39ClN4O5S2. The molecular weight excluding hydrogens is 632 g/mol. The Morgan fingerprint density at radius 3 is 2.47 bits per heavy atom. The molecule has 1 aliphatic heterocycles. The minimum atomic E-state index is -3.42. The summed E-state index contributed by atoms with van der Waals surface area (Å²) in [5, 5.41) is 14.8. The first-order valence-electron chi connectivity index (χ1n) is 14.7. The number of ether oxygens (including phenoxy) is 1. The van der Waals surface area contributed by atoms with E-state index in [1.165, 1.54) is 11.3 Å². The fourth-order valence-electron chi connectivity index (χ4n) is 5.37. The molecule has 5 rings (SSSR count). The third-order valence-electron chi connectivity index (χ3n) is 7.89. The Bertz CT molecular complexity index is 1840. The van der Waals surface area contributed by atoms with E-state index in [0.717, 1.165) is 52.0 Å². The lowest BCUT2D eigenvalue weighted by Gasteiger charge is -2.38. The predicted octanol–water partition coefficient (Wildman–Crippen LogP) is 6.36. The van der Waals surface area contributed by atoms with Crippen molar-refractivity contribution in [2.45, 2.75) is 45.4 Å². The van der Waals surface area contributed by atoms with E-state index in [0.29, 0.717) is 27.8 Å². The summed E-state index contributed by atoms with van der Waals surface area (Å²) in [4.78, 5) is 17.9. The zero-order valence-electron chi connectivity index (χ0n) is 26.2. The van der Waals surface area contributed by atoms with Crippen molar-refractivity contribution >= 4 is 66.0 Å². The monoisotopic (exact) mass is 670 g/mol. The van der Waals surface area contributed by atoms with Crippen LogP contribution in [0.4, 0.5) is 17.1 Å². The summed E-state index contributed by atoms with van der Waals surface area (Å²) in [6.45, 7) is 10.2. The Hall–Kier alpha value is -3.35. The molecule has 1 saturated heterocycles. The molecule has 4 aromatic rings. The molecule has 2 heterocycles. The van der Waals surface area contributed by atoms with E-state index in [4.69, 9.17) is 16.3 Å². The maximum atomic E-state index is 13.4. The molecule has 1 fully saturated rings. The Morgan fingerprint density at radius 1 is 1.04 bits per heavy atom. The van der Waals surface area contributed by atoms with E-state index in [1.54, 1.807) is 30.3 Å². The normalized spacial score (nSPS) is 16.3. The summed E-state index contributed by atoms with van der Waals surface area (Å²) in [5.74, 6) is 0.456. The van der Waals surface area contributed by atoms with Gasteiger partial charge in [0.1, 0.15) is 12.0 Å². The molecule has 0 aliphatic carbocycles. The van der Waals surface area contributed by atoms with Crippen molar-refractivity contribution in [3.63, 3.8) is 0 Å². The third kappa shape index (κ3) is 7.90.